The van der Waals surface area contributed by atoms with Gasteiger partial charge < -0.3 is 0 Å². The quantitative estimate of drug-likeness (QED) is 0.280. The minimum atomic E-state index is -1.24. The first-order valence-corrected chi connectivity index (χ1v) is 15.1. The van der Waals surface area contributed by atoms with Crippen LogP contribution >= 0.6 is 0 Å². The average molecular weight is 574 g/mol. The van der Waals surface area contributed by atoms with Crippen molar-refractivity contribution in [1.29, 1.82) is 0 Å². The van der Waals surface area contributed by atoms with E-state index in [1.54, 1.807) is 0 Å². The van der Waals surface area contributed by atoms with Crippen LogP contribution in [0.4, 0.5) is 0 Å². The van der Waals surface area contributed by atoms with E-state index in [4.69, 9.17) is 0 Å². The molecule has 154 valence electrons. The molecule has 0 amide bonds. The zero-order chi connectivity index (χ0) is 21.8. The Morgan fingerprint density at radius 2 is 0.778 bits per heavy atom. The van der Waals surface area contributed by atoms with Crippen LogP contribution in [0.3, 0.4) is 0 Å². The molecule has 0 unspecified atom stereocenters. The third-order valence-corrected chi connectivity index (χ3v) is 13.8. The summed E-state index contributed by atoms with van der Waals surface area (Å²) in [7, 11) is 0. The third-order valence-electron chi connectivity index (χ3n) is 4.96. The zero-order valence-corrected chi connectivity index (χ0v) is 22.8. The molecule has 0 atom stereocenters. The molecule has 4 nitrogen and oxygen atoms in total. The Kier molecular flexibility index (Phi) is 9.26. The first-order valence-electron chi connectivity index (χ1n) is 9.64. The molecule has 0 aromatic rings. The van der Waals surface area contributed by atoms with Gasteiger partial charge in [-0.3, -0.25) is 0 Å². The molecule has 0 spiro atoms. The summed E-state index contributed by atoms with van der Waals surface area (Å²) >= 11 is -1.24. The van der Waals surface area contributed by atoms with E-state index in [1.165, 1.54) is 0 Å². The van der Waals surface area contributed by atoms with Crippen LogP contribution in [-0.4, -0.2) is 47.4 Å². The van der Waals surface area contributed by atoms with Gasteiger partial charge in [-0.25, -0.2) is 0 Å². The van der Waals surface area contributed by atoms with Crippen molar-refractivity contribution >= 4 is 47.4 Å². The fourth-order valence-electron chi connectivity index (χ4n) is 2.19. The molecule has 0 aliphatic rings. The molecule has 0 saturated heterocycles. The van der Waals surface area contributed by atoms with Crippen LogP contribution in [0.15, 0.2) is 0 Å². The van der Waals surface area contributed by atoms with Crippen molar-refractivity contribution in [2.75, 3.05) is 0 Å². The van der Waals surface area contributed by atoms with Gasteiger partial charge in [0.15, 0.2) is 0 Å². The van der Waals surface area contributed by atoms with Gasteiger partial charge >= 0.3 is 178 Å². The van der Waals surface area contributed by atoms with E-state index in [-0.39, 0.29) is 36.0 Å². The van der Waals surface area contributed by atoms with E-state index in [0.717, 1.165) is 7.96 Å². The molecule has 27 heavy (non-hydrogen) atoms. The van der Waals surface area contributed by atoms with Gasteiger partial charge in [0.05, 0.1) is 0 Å². The number of carbonyl (C=O) groups excluding carboxylic acids is 4. The van der Waals surface area contributed by atoms with Crippen LogP contribution in [0.25, 0.3) is 0 Å². The summed E-state index contributed by atoms with van der Waals surface area (Å²) in [5.74, 6) is -0.0425. The van der Waals surface area contributed by atoms with E-state index in [1.807, 2.05) is 69.2 Å². The predicted octanol–water partition coefficient (Wildman–Crippen LogP) is 4.73. The van der Waals surface area contributed by atoms with E-state index in [0.29, 0.717) is 0 Å². The molecule has 0 aromatic heterocycles. The van der Waals surface area contributed by atoms with Crippen LogP contribution in [0.5, 0.6) is 0 Å². The van der Waals surface area contributed by atoms with E-state index in [2.05, 4.69) is 0 Å². The normalized spacial score (nSPS) is 13.4. The fraction of sp³-hybridized carbons (Fsp3) is 0.818. The van der Waals surface area contributed by atoms with Crippen molar-refractivity contribution < 1.29 is 19.2 Å². The van der Waals surface area contributed by atoms with Gasteiger partial charge in [-0.2, -0.15) is 0 Å². The van der Waals surface area contributed by atoms with Crippen molar-refractivity contribution in [3.8, 4) is 0 Å². The maximum atomic E-state index is 12.6. The minimum absolute atomic E-state index is 0.00182. The Balaban J connectivity index is 4.74. The molecule has 5 heteroatoms. The van der Waals surface area contributed by atoms with Crippen molar-refractivity contribution in [3.63, 3.8) is 0 Å². The molecule has 0 aliphatic carbocycles. The molecular formula is C22H38O4Pb. The standard InChI is InChI=1S/2C11H19O2.Pb/c2*1-10(2,3)8(12)7-9(13)11(4,5)6;/h2*1,7H2,2-6H3;. The molecule has 0 saturated carbocycles. The summed E-state index contributed by atoms with van der Waals surface area (Å²) in [6.45, 7) is 18.7. The molecule has 0 fully saturated rings. The van der Waals surface area contributed by atoms with Gasteiger partial charge in [0.2, 0.25) is 0 Å². The second-order valence-corrected chi connectivity index (χ2v) is 15.6. The number of ketones is 4. The summed E-state index contributed by atoms with van der Waals surface area (Å²) in [6, 6.07) is 0. The molecule has 0 aliphatic heterocycles. The van der Waals surface area contributed by atoms with Crippen molar-refractivity contribution in [2.45, 2.75) is 90.0 Å². The van der Waals surface area contributed by atoms with Gasteiger partial charge in [-0.1, -0.05) is 0 Å². The van der Waals surface area contributed by atoms with Crippen LogP contribution in [0.2, 0.25) is 7.96 Å². The molecular weight excluding hydrogens is 535 g/mol. The summed E-state index contributed by atoms with van der Waals surface area (Å²) < 4.78 is 1.63. The summed E-state index contributed by atoms with van der Waals surface area (Å²) in [5.41, 5.74) is -2.02. The number of carbonyl (C=O) groups is 4. The van der Waals surface area contributed by atoms with Gasteiger partial charge in [0.1, 0.15) is 0 Å². The summed E-state index contributed by atoms with van der Waals surface area (Å²) in [6.07, 6.45) is -0.0233. The zero-order valence-electron chi connectivity index (χ0n) is 19.0. The fourth-order valence-corrected chi connectivity index (χ4v) is 9.06. The monoisotopic (exact) mass is 574 g/mol. The van der Waals surface area contributed by atoms with Crippen LogP contribution in [-0.2, 0) is 19.2 Å². The topological polar surface area (TPSA) is 68.3 Å². The second-order valence-electron chi connectivity index (χ2n) is 10.9. The first kappa shape index (κ1) is 26.6. The Morgan fingerprint density at radius 3 is 1.00 bits per heavy atom. The van der Waals surface area contributed by atoms with Crippen LogP contribution < -0.4 is 0 Å². The third kappa shape index (κ3) is 9.09. The Hall–Kier alpha value is -0.398. The Morgan fingerprint density at radius 1 is 0.519 bits per heavy atom. The van der Waals surface area contributed by atoms with E-state index < -0.39 is 45.9 Å². The first-order chi connectivity index (χ1) is 11.8. The molecule has 0 heterocycles. The van der Waals surface area contributed by atoms with E-state index in [9.17, 15) is 19.2 Å². The average Bonchev–Trinajstić information content (AvgIpc) is 2.44. The van der Waals surface area contributed by atoms with Crippen molar-refractivity contribution in [2.24, 2.45) is 21.7 Å². The van der Waals surface area contributed by atoms with Crippen molar-refractivity contribution in [3.05, 3.63) is 0 Å². The summed E-state index contributed by atoms with van der Waals surface area (Å²) in [4.78, 5) is 49.4. The van der Waals surface area contributed by atoms with E-state index >= 15 is 0 Å². The van der Waals surface area contributed by atoms with Gasteiger partial charge in [-0.05, 0) is 0 Å². The number of hydrogen-bond donors (Lipinski definition) is 0. The molecule has 0 aromatic carbocycles. The molecule has 0 bridgehead atoms. The Labute approximate surface area is 177 Å². The number of rotatable bonds is 10. The summed E-state index contributed by atoms with van der Waals surface area (Å²) in [5, 5.41) is 0. The second kappa shape index (κ2) is 9.40. The molecule has 0 N–H and O–H groups in total. The number of hydrogen-bond acceptors (Lipinski definition) is 4. The number of Topliss-reactive ketones (excluding diaryl/α,β-unsaturated/α-hetero) is 4. The van der Waals surface area contributed by atoms with Gasteiger partial charge in [0.25, 0.3) is 0 Å². The molecule has 2 radical (unpaired) electrons. The Bertz CT molecular complexity index is 534. The maximum absolute atomic E-state index is 12.6. The van der Waals surface area contributed by atoms with Crippen LogP contribution in [0, 0.1) is 21.7 Å². The molecule has 0 rings (SSSR count). The van der Waals surface area contributed by atoms with Crippen molar-refractivity contribution in [1.82, 2.24) is 0 Å². The van der Waals surface area contributed by atoms with Crippen LogP contribution in [0.1, 0.15) is 82.1 Å². The SMILES string of the molecule is CC(C)(C)C(=O)CC(=O)C(C)(C)[CH2][Pb][CH2]C(C)(C)C(=O)CC(=O)C(C)(C)C. The predicted molar refractivity (Wildman–Crippen MR) is 111 cm³/mol. The van der Waals surface area contributed by atoms with Gasteiger partial charge in [-0.15, -0.1) is 0 Å². The van der Waals surface area contributed by atoms with Gasteiger partial charge in [0, 0.05) is 0 Å².